The number of aromatic hydroxyl groups is 1. The molecule has 3 rings (SSSR count). The number of piperazine rings is 1. The molecule has 6 heteroatoms. The molecule has 0 saturated carbocycles. The molecule has 0 aromatic heterocycles. The fourth-order valence-corrected chi connectivity index (χ4v) is 4.13. The number of phenolic OH excluding ortho intramolecular Hbond substituents is 1. The number of nitrogens with one attached hydrogen (secondary N) is 1. The van der Waals surface area contributed by atoms with Crippen molar-refractivity contribution in [2.24, 2.45) is 5.92 Å². The average Bonchev–Trinajstić information content (AvgIpc) is 2.60. The number of methoxy groups -OCH3 is 1. The number of phenols is 1. The molecule has 1 aromatic rings. The second-order valence-corrected chi connectivity index (χ2v) is 7.08. The van der Waals surface area contributed by atoms with Gasteiger partial charge in [-0.2, -0.15) is 0 Å². The molecule has 2 aliphatic rings. The smallest absolute Gasteiger partial charge is 0.134 e. The van der Waals surface area contributed by atoms with E-state index < -0.39 is 0 Å². The minimum Gasteiger partial charge on any atom is -0.506 e. The molecule has 1 atom stereocenters. The molecule has 2 saturated heterocycles. The van der Waals surface area contributed by atoms with Crippen LogP contribution in [0.1, 0.15) is 24.4 Å². The minimum absolute atomic E-state index is 0.201. The fourth-order valence-electron chi connectivity index (χ4n) is 3.68. The molecule has 2 heterocycles. The maximum atomic E-state index is 10.7. The van der Waals surface area contributed by atoms with E-state index in [-0.39, 0.29) is 6.04 Å². The lowest BCUT2D eigenvalue weighted by atomic mass is 9.85. The number of hydrogen-bond donors (Lipinski definition) is 2. The van der Waals surface area contributed by atoms with Gasteiger partial charge >= 0.3 is 0 Å². The number of rotatable bonds is 4. The summed E-state index contributed by atoms with van der Waals surface area (Å²) in [4.78, 5) is 2.49. The predicted octanol–water partition coefficient (Wildman–Crippen LogP) is 2.54. The molecule has 0 unspecified atom stereocenters. The number of halogens is 1. The van der Waals surface area contributed by atoms with Crippen molar-refractivity contribution in [3.05, 3.63) is 22.2 Å². The third-order valence-electron chi connectivity index (χ3n) is 4.88. The van der Waals surface area contributed by atoms with Crippen molar-refractivity contribution in [1.29, 1.82) is 0 Å². The van der Waals surface area contributed by atoms with E-state index in [9.17, 15) is 5.11 Å². The van der Waals surface area contributed by atoms with E-state index in [4.69, 9.17) is 9.47 Å². The number of benzene rings is 1. The largest absolute Gasteiger partial charge is 0.506 e. The van der Waals surface area contributed by atoms with Crippen LogP contribution in [0.3, 0.4) is 0 Å². The van der Waals surface area contributed by atoms with Crippen LogP contribution in [0.25, 0.3) is 0 Å². The van der Waals surface area contributed by atoms with Crippen LogP contribution in [0.4, 0.5) is 0 Å². The summed E-state index contributed by atoms with van der Waals surface area (Å²) in [5.74, 6) is 1.60. The lowest BCUT2D eigenvalue weighted by Crippen LogP contribution is -2.47. The average molecular weight is 385 g/mol. The van der Waals surface area contributed by atoms with Crippen molar-refractivity contribution in [2.75, 3.05) is 46.5 Å². The second kappa shape index (κ2) is 7.83. The molecule has 23 heavy (non-hydrogen) atoms. The molecule has 0 radical (unpaired) electrons. The van der Waals surface area contributed by atoms with E-state index in [0.29, 0.717) is 16.1 Å². The Hall–Kier alpha value is -0.820. The van der Waals surface area contributed by atoms with Crippen LogP contribution in [-0.2, 0) is 4.74 Å². The first-order valence-electron chi connectivity index (χ1n) is 8.29. The monoisotopic (exact) mass is 384 g/mol. The molecule has 2 N–H and O–H groups in total. The van der Waals surface area contributed by atoms with Gasteiger partial charge in [0.2, 0.25) is 0 Å². The van der Waals surface area contributed by atoms with Crippen LogP contribution in [0, 0.1) is 5.92 Å². The van der Waals surface area contributed by atoms with Gasteiger partial charge in [-0.05, 0) is 46.8 Å². The Morgan fingerprint density at radius 3 is 2.65 bits per heavy atom. The summed E-state index contributed by atoms with van der Waals surface area (Å²) in [6.07, 6.45) is 2.06. The van der Waals surface area contributed by atoms with Gasteiger partial charge in [-0.15, -0.1) is 0 Å². The zero-order valence-electron chi connectivity index (χ0n) is 13.6. The normalized spacial score (nSPS) is 22.0. The van der Waals surface area contributed by atoms with Crippen molar-refractivity contribution in [3.63, 3.8) is 0 Å². The van der Waals surface area contributed by atoms with Gasteiger partial charge in [-0.3, -0.25) is 4.90 Å². The molecular weight excluding hydrogens is 360 g/mol. The molecule has 2 fully saturated rings. The van der Waals surface area contributed by atoms with Gasteiger partial charge in [0.1, 0.15) is 11.5 Å². The fraction of sp³-hybridized carbons (Fsp3) is 0.647. The van der Waals surface area contributed by atoms with Crippen LogP contribution in [0.5, 0.6) is 11.5 Å². The number of hydrogen-bond acceptors (Lipinski definition) is 5. The summed E-state index contributed by atoms with van der Waals surface area (Å²) in [6, 6.07) is 4.01. The van der Waals surface area contributed by atoms with Gasteiger partial charge in [0.25, 0.3) is 0 Å². The van der Waals surface area contributed by atoms with Crippen LogP contribution in [0.2, 0.25) is 0 Å². The van der Waals surface area contributed by atoms with Crippen LogP contribution >= 0.6 is 15.9 Å². The molecule has 0 aliphatic carbocycles. The maximum absolute atomic E-state index is 10.7. The van der Waals surface area contributed by atoms with Crippen molar-refractivity contribution in [3.8, 4) is 11.5 Å². The van der Waals surface area contributed by atoms with E-state index in [1.165, 1.54) is 0 Å². The zero-order valence-corrected chi connectivity index (χ0v) is 15.1. The number of ether oxygens (including phenoxy) is 2. The first kappa shape index (κ1) is 17.0. The molecule has 5 nitrogen and oxygen atoms in total. The maximum Gasteiger partial charge on any atom is 0.134 e. The third-order valence-corrected chi connectivity index (χ3v) is 5.48. The summed E-state index contributed by atoms with van der Waals surface area (Å²) < 4.78 is 11.7. The highest BCUT2D eigenvalue weighted by atomic mass is 79.9. The zero-order chi connectivity index (χ0) is 16.2. The van der Waals surface area contributed by atoms with Crippen LogP contribution < -0.4 is 10.1 Å². The van der Waals surface area contributed by atoms with Crippen molar-refractivity contribution in [2.45, 2.75) is 18.9 Å². The Morgan fingerprint density at radius 2 is 2.00 bits per heavy atom. The summed E-state index contributed by atoms with van der Waals surface area (Å²) in [6.45, 7) is 5.59. The first-order valence-corrected chi connectivity index (χ1v) is 9.09. The standard InChI is InChI=1S/C17H25BrN2O3/c1-22-13-10-14(17(21)15(18)11-13)16(12-2-8-23-9-3-12)20-6-4-19-5-7-20/h10-12,16,19,21H,2-9H2,1H3/t16-/m1/s1. The topological polar surface area (TPSA) is 54.0 Å². The van der Waals surface area contributed by atoms with Crippen molar-refractivity contribution in [1.82, 2.24) is 10.2 Å². The first-order chi connectivity index (χ1) is 11.2. The third kappa shape index (κ3) is 3.82. The molecule has 2 aliphatic heterocycles. The summed E-state index contributed by atoms with van der Waals surface area (Å²) in [5, 5.41) is 14.1. The van der Waals surface area contributed by atoms with Gasteiger partial charge in [0, 0.05) is 51.0 Å². The predicted molar refractivity (Wildman–Crippen MR) is 93.1 cm³/mol. The summed E-state index contributed by atoms with van der Waals surface area (Å²) >= 11 is 3.47. The Bertz CT molecular complexity index is 511. The van der Waals surface area contributed by atoms with E-state index in [2.05, 4.69) is 26.1 Å². The molecule has 1 aromatic carbocycles. The van der Waals surface area contributed by atoms with Crippen LogP contribution in [-0.4, -0.2) is 56.5 Å². The molecule has 128 valence electrons. The van der Waals surface area contributed by atoms with Gasteiger partial charge in [0.15, 0.2) is 0 Å². The van der Waals surface area contributed by atoms with Crippen molar-refractivity contribution >= 4 is 15.9 Å². The van der Waals surface area contributed by atoms with Crippen molar-refractivity contribution < 1.29 is 14.6 Å². The highest BCUT2D eigenvalue weighted by Crippen LogP contribution is 2.43. The van der Waals surface area contributed by atoms with Crippen LogP contribution in [0.15, 0.2) is 16.6 Å². The Labute approximate surface area is 146 Å². The highest BCUT2D eigenvalue weighted by molar-refractivity contribution is 9.10. The Balaban J connectivity index is 1.98. The van der Waals surface area contributed by atoms with E-state index in [0.717, 1.165) is 63.5 Å². The molecule has 0 bridgehead atoms. The van der Waals surface area contributed by atoms with E-state index >= 15 is 0 Å². The Kier molecular flexibility index (Phi) is 5.80. The quantitative estimate of drug-likeness (QED) is 0.835. The SMILES string of the molecule is COc1cc(Br)c(O)c([C@@H](C2CCOCC2)N2CCNCC2)c1. The second-order valence-electron chi connectivity index (χ2n) is 6.23. The van der Waals surface area contributed by atoms with E-state index in [1.54, 1.807) is 7.11 Å². The summed E-state index contributed by atoms with van der Waals surface area (Å²) in [5.41, 5.74) is 0.963. The van der Waals surface area contributed by atoms with E-state index in [1.807, 2.05) is 12.1 Å². The highest BCUT2D eigenvalue weighted by Gasteiger charge is 2.33. The number of nitrogens with zero attached hydrogens (tertiary/aromatic N) is 1. The van der Waals surface area contributed by atoms with Gasteiger partial charge < -0.3 is 19.9 Å². The molecule has 0 spiro atoms. The lowest BCUT2D eigenvalue weighted by Gasteiger charge is -2.41. The summed E-state index contributed by atoms with van der Waals surface area (Å²) in [7, 11) is 1.66. The minimum atomic E-state index is 0.201. The Morgan fingerprint density at radius 1 is 1.30 bits per heavy atom. The van der Waals surface area contributed by atoms with Gasteiger partial charge in [-0.1, -0.05) is 0 Å². The molecule has 0 amide bonds. The van der Waals surface area contributed by atoms with Gasteiger partial charge in [0.05, 0.1) is 11.6 Å². The lowest BCUT2D eigenvalue weighted by molar-refractivity contribution is 0.0205. The van der Waals surface area contributed by atoms with Gasteiger partial charge in [-0.25, -0.2) is 0 Å². The molecular formula is C17H25BrN2O3.